The molecule has 0 atom stereocenters. The number of thiol groups is 1. The molecule has 15 heavy (non-hydrogen) atoms. The molecule has 1 aliphatic heterocycles. The number of imide groups is 1. The SMILES string of the molecule is O=C(CCCN1C(=O)C=CC1=O)ONS. The van der Waals surface area contributed by atoms with Gasteiger partial charge in [0, 0.05) is 25.1 Å². The number of nitrogens with zero attached hydrogens (tertiary/aromatic N) is 1. The lowest BCUT2D eigenvalue weighted by atomic mass is 10.3. The molecule has 0 unspecified atom stereocenters. The van der Waals surface area contributed by atoms with Gasteiger partial charge in [0.15, 0.2) is 0 Å². The van der Waals surface area contributed by atoms with Crippen molar-refractivity contribution in [2.24, 2.45) is 0 Å². The van der Waals surface area contributed by atoms with Crippen LogP contribution >= 0.6 is 12.8 Å². The highest BCUT2D eigenvalue weighted by Crippen LogP contribution is 2.05. The Hall–Kier alpha value is -1.34. The first kappa shape index (κ1) is 11.7. The topological polar surface area (TPSA) is 75.7 Å². The van der Waals surface area contributed by atoms with Crippen molar-refractivity contribution in [2.45, 2.75) is 12.8 Å². The van der Waals surface area contributed by atoms with Crippen molar-refractivity contribution in [1.82, 2.24) is 9.79 Å². The highest BCUT2D eigenvalue weighted by molar-refractivity contribution is 7.77. The normalized spacial score (nSPS) is 14.9. The van der Waals surface area contributed by atoms with Gasteiger partial charge in [-0.1, -0.05) is 17.7 Å². The van der Waals surface area contributed by atoms with Gasteiger partial charge in [-0.2, -0.15) is 0 Å². The zero-order valence-electron chi connectivity index (χ0n) is 7.80. The molecular weight excluding hydrogens is 220 g/mol. The van der Waals surface area contributed by atoms with Gasteiger partial charge in [-0.25, -0.2) is 0 Å². The molecule has 0 aromatic carbocycles. The molecule has 0 aromatic heterocycles. The summed E-state index contributed by atoms with van der Waals surface area (Å²) in [6.45, 7) is 0.215. The molecule has 0 aliphatic carbocycles. The molecule has 82 valence electrons. The summed E-state index contributed by atoms with van der Waals surface area (Å²) in [5.41, 5.74) is 0. The van der Waals surface area contributed by atoms with E-state index in [4.69, 9.17) is 0 Å². The van der Waals surface area contributed by atoms with Crippen LogP contribution in [-0.4, -0.2) is 29.2 Å². The summed E-state index contributed by atoms with van der Waals surface area (Å²) in [5.74, 6) is -1.18. The third kappa shape index (κ3) is 3.37. The van der Waals surface area contributed by atoms with Crippen LogP contribution < -0.4 is 4.89 Å². The third-order valence-electron chi connectivity index (χ3n) is 1.82. The van der Waals surface area contributed by atoms with E-state index >= 15 is 0 Å². The molecule has 0 fully saturated rings. The average molecular weight is 230 g/mol. The molecule has 0 bridgehead atoms. The molecule has 0 spiro atoms. The van der Waals surface area contributed by atoms with E-state index in [1.165, 1.54) is 12.2 Å². The van der Waals surface area contributed by atoms with Gasteiger partial charge in [-0.05, 0) is 6.42 Å². The zero-order valence-corrected chi connectivity index (χ0v) is 8.70. The smallest absolute Gasteiger partial charge is 0.326 e. The van der Waals surface area contributed by atoms with Crippen molar-refractivity contribution >= 4 is 30.6 Å². The Morgan fingerprint density at radius 1 is 1.40 bits per heavy atom. The van der Waals surface area contributed by atoms with E-state index in [1.54, 1.807) is 0 Å². The monoisotopic (exact) mass is 230 g/mol. The molecule has 0 radical (unpaired) electrons. The second-order valence-corrected chi connectivity index (χ2v) is 3.01. The molecule has 6 nitrogen and oxygen atoms in total. The molecule has 1 heterocycles. The number of nitrogens with one attached hydrogen (secondary N) is 1. The van der Waals surface area contributed by atoms with Gasteiger partial charge in [-0.3, -0.25) is 19.3 Å². The van der Waals surface area contributed by atoms with E-state index in [9.17, 15) is 14.4 Å². The number of rotatable bonds is 5. The Morgan fingerprint density at radius 3 is 2.53 bits per heavy atom. The Morgan fingerprint density at radius 2 is 2.00 bits per heavy atom. The Balaban J connectivity index is 2.23. The fraction of sp³-hybridized carbons (Fsp3) is 0.375. The van der Waals surface area contributed by atoms with Crippen LogP contribution in [0.3, 0.4) is 0 Å². The second kappa shape index (κ2) is 5.52. The van der Waals surface area contributed by atoms with Gasteiger partial charge < -0.3 is 4.84 Å². The van der Waals surface area contributed by atoms with E-state index in [1.807, 2.05) is 4.89 Å². The van der Waals surface area contributed by atoms with Crippen molar-refractivity contribution in [3.05, 3.63) is 12.2 Å². The molecule has 0 saturated heterocycles. The summed E-state index contributed by atoms with van der Waals surface area (Å²) in [4.78, 5) is 40.3. The molecule has 1 aliphatic rings. The minimum atomic E-state index is -0.489. The fourth-order valence-corrected chi connectivity index (χ4v) is 1.24. The summed E-state index contributed by atoms with van der Waals surface area (Å²) in [6.07, 6.45) is 2.89. The maximum Gasteiger partial charge on any atom is 0.326 e. The fourth-order valence-electron chi connectivity index (χ4n) is 1.13. The van der Waals surface area contributed by atoms with Gasteiger partial charge in [-0.15, -0.1) is 0 Å². The van der Waals surface area contributed by atoms with E-state index < -0.39 is 5.97 Å². The Kier molecular flexibility index (Phi) is 4.32. The molecule has 7 heteroatoms. The molecule has 1 rings (SSSR count). The van der Waals surface area contributed by atoms with Crippen molar-refractivity contribution in [2.75, 3.05) is 6.54 Å². The highest BCUT2D eigenvalue weighted by Gasteiger charge is 2.22. The van der Waals surface area contributed by atoms with Gasteiger partial charge in [0.05, 0.1) is 0 Å². The maximum atomic E-state index is 11.1. The second-order valence-electron chi connectivity index (χ2n) is 2.83. The van der Waals surface area contributed by atoms with E-state index in [2.05, 4.69) is 17.7 Å². The van der Waals surface area contributed by atoms with Crippen molar-refractivity contribution < 1.29 is 19.2 Å². The largest absolute Gasteiger partial charge is 0.360 e. The van der Waals surface area contributed by atoms with Crippen molar-refractivity contribution in [1.29, 1.82) is 0 Å². The van der Waals surface area contributed by atoms with Gasteiger partial charge in [0.25, 0.3) is 11.8 Å². The lowest BCUT2D eigenvalue weighted by Crippen LogP contribution is -2.31. The van der Waals surface area contributed by atoms with Crippen LogP contribution in [0.2, 0.25) is 0 Å². The minimum absolute atomic E-state index is 0.116. The van der Waals surface area contributed by atoms with E-state index in [0.717, 1.165) is 4.90 Å². The Bertz CT molecular complexity index is 298. The number of hydrogen-bond acceptors (Lipinski definition) is 6. The van der Waals surface area contributed by atoms with Crippen LogP contribution in [0, 0.1) is 0 Å². The predicted molar refractivity (Wildman–Crippen MR) is 53.3 cm³/mol. The first-order valence-electron chi connectivity index (χ1n) is 4.27. The van der Waals surface area contributed by atoms with Crippen LogP contribution in [-0.2, 0) is 19.2 Å². The summed E-state index contributed by atoms with van der Waals surface area (Å²) in [6, 6.07) is 0. The molecule has 0 saturated carbocycles. The predicted octanol–water partition coefficient (Wildman–Crippen LogP) is -0.416. The summed E-state index contributed by atoms with van der Waals surface area (Å²) >= 11 is 3.48. The minimum Gasteiger partial charge on any atom is -0.360 e. The lowest BCUT2D eigenvalue weighted by Gasteiger charge is -2.12. The molecule has 1 N–H and O–H groups in total. The third-order valence-corrected chi connectivity index (χ3v) is 1.91. The Labute approximate surface area is 91.8 Å². The number of hydrogen-bond donors (Lipinski definition) is 2. The van der Waals surface area contributed by atoms with Crippen LogP contribution in [0.5, 0.6) is 0 Å². The lowest BCUT2D eigenvalue weighted by molar-refractivity contribution is -0.147. The molecule has 0 aromatic rings. The van der Waals surface area contributed by atoms with Crippen molar-refractivity contribution in [3.63, 3.8) is 0 Å². The maximum absolute atomic E-state index is 11.1. The standard InChI is InChI=1S/C8H10N2O4S/c11-6-3-4-7(12)10(6)5-1-2-8(13)14-9-15/h3-4,9,15H,1-2,5H2. The van der Waals surface area contributed by atoms with Crippen molar-refractivity contribution in [3.8, 4) is 0 Å². The zero-order chi connectivity index (χ0) is 11.3. The number of carbonyl (C=O) groups is 3. The van der Waals surface area contributed by atoms with Crippen LogP contribution in [0.15, 0.2) is 12.2 Å². The van der Waals surface area contributed by atoms with E-state index in [0.29, 0.717) is 6.42 Å². The first-order valence-corrected chi connectivity index (χ1v) is 4.72. The summed E-state index contributed by atoms with van der Waals surface area (Å²) in [7, 11) is 0. The van der Waals surface area contributed by atoms with Gasteiger partial charge >= 0.3 is 5.97 Å². The summed E-state index contributed by atoms with van der Waals surface area (Å²) < 4.78 is 0. The average Bonchev–Trinajstić information content (AvgIpc) is 2.49. The molecular formula is C8H10N2O4S. The van der Waals surface area contributed by atoms with Gasteiger partial charge in [0.2, 0.25) is 0 Å². The van der Waals surface area contributed by atoms with Crippen LogP contribution in [0.25, 0.3) is 0 Å². The van der Waals surface area contributed by atoms with Crippen LogP contribution in [0.1, 0.15) is 12.8 Å². The highest BCUT2D eigenvalue weighted by atomic mass is 32.1. The van der Waals surface area contributed by atoms with Gasteiger partial charge in [0.1, 0.15) is 0 Å². The molecule has 2 amide bonds. The summed E-state index contributed by atoms with van der Waals surface area (Å²) in [5, 5.41) is 0. The number of carbonyl (C=O) groups excluding carboxylic acids is 3. The van der Waals surface area contributed by atoms with Crippen LogP contribution in [0.4, 0.5) is 0 Å². The van der Waals surface area contributed by atoms with E-state index in [-0.39, 0.29) is 24.8 Å². The number of amides is 2. The first-order chi connectivity index (χ1) is 7.15. The quantitative estimate of drug-likeness (QED) is 0.381.